The SMILES string of the molecule is CC[C@H](C(=O)N1CCC(c2nccn2CC2CCC2)CC1)n1cccn1. The van der Waals surface area contributed by atoms with Crippen LogP contribution in [-0.4, -0.2) is 43.2 Å². The number of nitrogens with zero attached hydrogens (tertiary/aromatic N) is 5. The molecule has 0 radical (unpaired) electrons. The molecule has 1 atom stereocenters. The quantitative estimate of drug-likeness (QED) is 0.799. The van der Waals surface area contributed by atoms with Crippen LogP contribution in [-0.2, 0) is 11.3 Å². The predicted molar refractivity (Wildman–Crippen MR) is 99.7 cm³/mol. The highest BCUT2D eigenvalue weighted by Crippen LogP contribution is 2.32. The van der Waals surface area contributed by atoms with Gasteiger partial charge in [0.15, 0.2) is 0 Å². The molecular weight excluding hydrogens is 326 g/mol. The molecule has 6 nitrogen and oxygen atoms in total. The van der Waals surface area contributed by atoms with Gasteiger partial charge in [0, 0.05) is 50.3 Å². The third kappa shape index (κ3) is 3.41. The van der Waals surface area contributed by atoms with Crippen molar-refractivity contribution in [3.05, 3.63) is 36.7 Å². The summed E-state index contributed by atoms with van der Waals surface area (Å²) in [6.07, 6.45) is 14.6. The van der Waals surface area contributed by atoms with E-state index in [0.717, 1.165) is 44.8 Å². The molecule has 3 heterocycles. The number of aromatic nitrogens is 4. The molecule has 4 rings (SSSR count). The van der Waals surface area contributed by atoms with E-state index in [0.29, 0.717) is 5.92 Å². The molecule has 1 aliphatic heterocycles. The summed E-state index contributed by atoms with van der Waals surface area (Å²) in [5.41, 5.74) is 0. The Labute approximate surface area is 155 Å². The molecule has 6 heteroatoms. The van der Waals surface area contributed by atoms with E-state index in [-0.39, 0.29) is 11.9 Å². The van der Waals surface area contributed by atoms with Crippen LogP contribution in [0.4, 0.5) is 0 Å². The molecule has 140 valence electrons. The fourth-order valence-corrected chi connectivity index (χ4v) is 4.30. The van der Waals surface area contributed by atoms with E-state index < -0.39 is 0 Å². The zero-order chi connectivity index (χ0) is 17.9. The Kier molecular flexibility index (Phi) is 5.09. The highest BCUT2D eigenvalue weighted by molar-refractivity contribution is 5.80. The summed E-state index contributed by atoms with van der Waals surface area (Å²) in [5, 5.41) is 4.27. The zero-order valence-electron chi connectivity index (χ0n) is 15.6. The van der Waals surface area contributed by atoms with Crippen molar-refractivity contribution in [3.8, 4) is 0 Å². The lowest BCUT2D eigenvalue weighted by atomic mass is 9.85. The molecule has 2 aromatic heterocycles. The summed E-state index contributed by atoms with van der Waals surface area (Å²) < 4.78 is 4.16. The standard InChI is InChI=1S/C20H29N5O/c1-2-18(25-11-4-9-22-25)20(26)23-12-7-17(8-13-23)19-21-10-14-24(19)15-16-5-3-6-16/h4,9-11,14,16-18H,2-3,5-8,12-13,15H2,1H3/t18-/m1/s1. The molecule has 1 saturated carbocycles. The second kappa shape index (κ2) is 7.64. The van der Waals surface area contributed by atoms with E-state index >= 15 is 0 Å². The maximum Gasteiger partial charge on any atom is 0.247 e. The van der Waals surface area contributed by atoms with Gasteiger partial charge in [0.2, 0.25) is 5.91 Å². The molecule has 2 fully saturated rings. The van der Waals surface area contributed by atoms with Crippen molar-refractivity contribution in [2.45, 2.75) is 64.0 Å². The molecule has 0 unspecified atom stereocenters. The molecule has 0 N–H and O–H groups in total. The van der Waals surface area contributed by atoms with Gasteiger partial charge in [-0.2, -0.15) is 5.10 Å². The minimum atomic E-state index is -0.179. The summed E-state index contributed by atoms with van der Waals surface area (Å²) in [6, 6.07) is 1.70. The first kappa shape index (κ1) is 17.3. The number of carbonyl (C=O) groups is 1. The van der Waals surface area contributed by atoms with Gasteiger partial charge in [-0.05, 0) is 44.1 Å². The van der Waals surface area contributed by atoms with E-state index in [1.54, 1.807) is 10.9 Å². The highest BCUT2D eigenvalue weighted by atomic mass is 16.2. The van der Waals surface area contributed by atoms with Crippen LogP contribution in [0.1, 0.15) is 63.2 Å². The van der Waals surface area contributed by atoms with Crippen LogP contribution in [0.2, 0.25) is 0 Å². The first-order valence-corrected chi connectivity index (χ1v) is 10.0. The van der Waals surface area contributed by atoms with Crippen LogP contribution in [0.3, 0.4) is 0 Å². The summed E-state index contributed by atoms with van der Waals surface area (Å²) >= 11 is 0. The monoisotopic (exact) mass is 355 g/mol. The van der Waals surface area contributed by atoms with Crippen molar-refractivity contribution in [2.24, 2.45) is 5.92 Å². The minimum Gasteiger partial charge on any atom is -0.341 e. The Balaban J connectivity index is 1.37. The molecule has 1 aliphatic carbocycles. The lowest BCUT2D eigenvalue weighted by Crippen LogP contribution is -2.42. The predicted octanol–water partition coefficient (Wildman–Crippen LogP) is 3.24. The first-order valence-electron chi connectivity index (χ1n) is 10.0. The van der Waals surface area contributed by atoms with Crippen LogP contribution >= 0.6 is 0 Å². The Morgan fingerprint density at radius 2 is 2.00 bits per heavy atom. The lowest BCUT2D eigenvalue weighted by molar-refractivity contribution is -0.136. The van der Waals surface area contributed by atoms with Crippen molar-refractivity contribution in [3.63, 3.8) is 0 Å². The van der Waals surface area contributed by atoms with Crippen LogP contribution < -0.4 is 0 Å². The number of imidazole rings is 1. The Hall–Kier alpha value is -2.11. The van der Waals surface area contributed by atoms with Gasteiger partial charge >= 0.3 is 0 Å². The fraction of sp³-hybridized carbons (Fsp3) is 0.650. The Morgan fingerprint density at radius 3 is 2.62 bits per heavy atom. The van der Waals surface area contributed by atoms with Crippen LogP contribution in [0, 0.1) is 5.92 Å². The number of rotatable bonds is 6. The molecule has 26 heavy (non-hydrogen) atoms. The van der Waals surface area contributed by atoms with E-state index in [4.69, 9.17) is 0 Å². The Morgan fingerprint density at radius 1 is 1.19 bits per heavy atom. The molecule has 2 aromatic rings. The van der Waals surface area contributed by atoms with E-state index in [2.05, 4.69) is 20.8 Å². The van der Waals surface area contributed by atoms with Gasteiger partial charge < -0.3 is 9.47 Å². The second-order valence-electron chi connectivity index (χ2n) is 7.74. The first-order chi connectivity index (χ1) is 12.8. The maximum absolute atomic E-state index is 12.9. The largest absolute Gasteiger partial charge is 0.341 e. The summed E-state index contributed by atoms with van der Waals surface area (Å²) in [7, 11) is 0. The molecule has 1 saturated heterocycles. The molecule has 2 aliphatic rings. The van der Waals surface area contributed by atoms with Gasteiger partial charge in [-0.15, -0.1) is 0 Å². The van der Waals surface area contributed by atoms with E-state index in [9.17, 15) is 4.79 Å². The molecular formula is C20H29N5O. The van der Waals surface area contributed by atoms with Crippen LogP contribution in [0.25, 0.3) is 0 Å². The average molecular weight is 355 g/mol. The topological polar surface area (TPSA) is 56.0 Å². The van der Waals surface area contributed by atoms with Crippen molar-refractivity contribution < 1.29 is 4.79 Å². The number of piperidine rings is 1. The highest BCUT2D eigenvalue weighted by Gasteiger charge is 2.31. The summed E-state index contributed by atoms with van der Waals surface area (Å²) in [4.78, 5) is 19.6. The fourth-order valence-electron chi connectivity index (χ4n) is 4.30. The van der Waals surface area contributed by atoms with Crippen molar-refractivity contribution in [1.29, 1.82) is 0 Å². The van der Waals surface area contributed by atoms with Crippen molar-refractivity contribution in [2.75, 3.05) is 13.1 Å². The van der Waals surface area contributed by atoms with Gasteiger partial charge in [0.05, 0.1) is 0 Å². The maximum atomic E-state index is 12.9. The number of likely N-dealkylation sites (tertiary alicyclic amines) is 1. The summed E-state index contributed by atoms with van der Waals surface area (Å²) in [6.45, 7) is 4.80. The van der Waals surface area contributed by atoms with Crippen LogP contribution in [0.15, 0.2) is 30.9 Å². The second-order valence-corrected chi connectivity index (χ2v) is 7.74. The number of hydrogen-bond donors (Lipinski definition) is 0. The smallest absolute Gasteiger partial charge is 0.247 e. The molecule has 0 spiro atoms. The van der Waals surface area contributed by atoms with Gasteiger partial charge in [-0.25, -0.2) is 4.98 Å². The normalized spacial score (nSPS) is 20.1. The Bertz CT molecular complexity index is 710. The number of amides is 1. The van der Waals surface area contributed by atoms with Crippen molar-refractivity contribution in [1.82, 2.24) is 24.2 Å². The van der Waals surface area contributed by atoms with Gasteiger partial charge in [0.25, 0.3) is 0 Å². The average Bonchev–Trinajstić information content (AvgIpc) is 3.31. The number of carbonyl (C=O) groups excluding carboxylic acids is 1. The van der Waals surface area contributed by atoms with Crippen LogP contribution in [0.5, 0.6) is 0 Å². The number of hydrogen-bond acceptors (Lipinski definition) is 3. The van der Waals surface area contributed by atoms with E-state index in [1.807, 2.05) is 30.3 Å². The third-order valence-electron chi connectivity index (χ3n) is 6.12. The zero-order valence-corrected chi connectivity index (χ0v) is 15.6. The third-order valence-corrected chi connectivity index (χ3v) is 6.12. The van der Waals surface area contributed by atoms with Gasteiger partial charge in [0.1, 0.15) is 11.9 Å². The minimum absolute atomic E-state index is 0.179. The summed E-state index contributed by atoms with van der Waals surface area (Å²) in [5.74, 6) is 2.73. The molecule has 0 bridgehead atoms. The van der Waals surface area contributed by atoms with Gasteiger partial charge in [-0.1, -0.05) is 13.3 Å². The van der Waals surface area contributed by atoms with Gasteiger partial charge in [-0.3, -0.25) is 9.48 Å². The van der Waals surface area contributed by atoms with E-state index in [1.165, 1.54) is 25.1 Å². The molecule has 1 amide bonds. The van der Waals surface area contributed by atoms with Crippen molar-refractivity contribution >= 4 is 5.91 Å². The lowest BCUT2D eigenvalue weighted by Gasteiger charge is -2.34. The molecule has 0 aromatic carbocycles.